The molecule has 0 spiro atoms. The second kappa shape index (κ2) is 8.92. The van der Waals surface area contributed by atoms with Gasteiger partial charge in [0.25, 0.3) is 5.91 Å². The van der Waals surface area contributed by atoms with Crippen molar-refractivity contribution in [2.45, 2.75) is 6.61 Å². The van der Waals surface area contributed by atoms with Crippen LogP contribution in [0.4, 0.5) is 10.1 Å². The third-order valence-electron chi connectivity index (χ3n) is 5.06. The lowest BCUT2D eigenvalue weighted by Crippen LogP contribution is -2.11. The highest BCUT2D eigenvalue weighted by atomic mass is 19.1. The maximum absolute atomic E-state index is 13.2. The van der Waals surface area contributed by atoms with Crippen LogP contribution in [0.2, 0.25) is 0 Å². The number of carbonyl (C=O) groups excluding carboxylic acids is 1. The molecule has 0 fully saturated rings. The number of fused-ring (bicyclic) bond motifs is 1. The summed E-state index contributed by atoms with van der Waals surface area (Å²) in [6.07, 6.45) is 0. The molecular formula is C26H19FN4O2. The lowest BCUT2D eigenvalue weighted by Gasteiger charge is -2.08. The van der Waals surface area contributed by atoms with E-state index in [4.69, 9.17) is 4.74 Å². The van der Waals surface area contributed by atoms with E-state index in [-0.39, 0.29) is 11.7 Å². The number of nitrogens with zero attached hydrogens (tertiary/aromatic N) is 3. The van der Waals surface area contributed by atoms with Crippen LogP contribution in [0.5, 0.6) is 5.75 Å². The molecule has 0 radical (unpaired) electrons. The van der Waals surface area contributed by atoms with Crippen LogP contribution in [-0.2, 0) is 6.61 Å². The fourth-order valence-corrected chi connectivity index (χ4v) is 3.33. The largest absolute Gasteiger partial charge is 0.489 e. The summed E-state index contributed by atoms with van der Waals surface area (Å²) in [6.45, 7) is 0.463. The monoisotopic (exact) mass is 438 g/mol. The van der Waals surface area contributed by atoms with Crippen molar-refractivity contribution in [2.75, 3.05) is 5.32 Å². The van der Waals surface area contributed by atoms with Gasteiger partial charge in [0, 0.05) is 11.3 Å². The number of hydrogen-bond acceptors (Lipinski definition) is 4. The number of anilines is 1. The van der Waals surface area contributed by atoms with E-state index in [9.17, 15) is 9.18 Å². The van der Waals surface area contributed by atoms with E-state index in [0.29, 0.717) is 40.3 Å². The van der Waals surface area contributed by atoms with Crippen LogP contribution in [-0.4, -0.2) is 20.9 Å². The Balaban J connectivity index is 1.26. The summed E-state index contributed by atoms with van der Waals surface area (Å²) in [5.74, 6) is 0.125. The number of amides is 1. The first-order valence-electron chi connectivity index (χ1n) is 10.4. The van der Waals surface area contributed by atoms with Gasteiger partial charge >= 0.3 is 0 Å². The minimum absolute atomic E-state index is 0.241. The summed E-state index contributed by atoms with van der Waals surface area (Å²) in [5.41, 5.74) is 4.11. The Bertz CT molecular complexity index is 1400. The first-order chi connectivity index (χ1) is 16.1. The molecule has 0 aliphatic rings. The first-order valence-corrected chi connectivity index (χ1v) is 10.4. The van der Waals surface area contributed by atoms with E-state index in [2.05, 4.69) is 15.5 Å². The molecule has 0 aliphatic heterocycles. The minimum Gasteiger partial charge on any atom is -0.489 e. The molecule has 1 aromatic heterocycles. The molecule has 1 heterocycles. The summed E-state index contributed by atoms with van der Waals surface area (Å²) >= 11 is 0. The van der Waals surface area contributed by atoms with Crippen molar-refractivity contribution in [2.24, 2.45) is 0 Å². The highest BCUT2D eigenvalue weighted by molar-refractivity contribution is 6.05. The molecule has 5 rings (SSSR count). The molecule has 1 amide bonds. The highest BCUT2D eigenvalue weighted by Crippen LogP contribution is 2.20. The topological polar surface area (TPSA) is 69.0 Å². The van der Waals surface area contributed by atoms with E-state index in [1.54, 1.807) is 54.6 Å². The number of halogens is 1. The second-order valence-electron chi connectivity index (χ2n) is 7.42. The van der Waals surface area contributed by atoms with Gasteiger partial charge in [0.2, 0.25) is 0 Å². The molecule has 0 aliphatic carbocycles. The summed E-state index contributed by atoms with van der Waals surface area (Å²) in [4.78, 5) is 14.1. The standard InChI is InChI=1S/C26H19FN4O2/c27-20-8-11-22(12-9-20)31-29-24-15-10-21(16-25(24)30-31)28-26(32)19-6-13-23(14-7-19)33-17-18-4-2-1-3-5-18/h1-16H,17H2,(H,28,32). The zero-order valence-electron chi connectivity index (χ0n) is 17.5. The van der Waals surface area contributed by atoms with E-state index in [1.807, 2.05) is 30.3 Å². The molecule has 0 unspecified atom stereocenters. The van der Waals surface area contributed by atoms with Crippen molar-refractivity contribution >= 4 is 22.6 Å². The van der Waals surface area contributed by atoms with Gasteiger partial charge in [-0.3, -0.25) is 4.79 Å². The van der Waals surface area contributed by atoms with Gasteiger partial charge in [-0.15, -0.1) is 10.2 Å². The van der Waals surface area contributed by atoms with Crippen LogP contribution in [0.1, 0.15) is 15.9 Å². The highest BCUT2D eigenvalue weighted by Gasteiger charge is 2.10. The number of benzene rings is 4. The molecule has 0 saturated heterocycles. The van der Waals surface area contributed by atoms with Crippen LogP contribution >= 0.6 is 0 Å². The van der Waals surface area contributed by atoms with Crippen molar-refractivity contribution in [3.05, 3.63) is 114 Å². The van der Waals surface area contributed by atoms with Gasteiger partial charge in [0.05, 0.1) is 5.69 Å². The molecule has 33 heavy (non-hydrogen) atoms. The second-order valence-corrected chi connectivity index (χ2v) is 7.42. The number of ether oxygens (including phenoxy) is 1. The van der Waals surface area contributed by atoms with Crippen molar-refractivity contribution < 1.29 is 13.9 Å². The quantitative estimate of drug-likeness (QED) is 0.386. The fraction of sp³-hybridized carbons (Fsp3) is 0.0385. The SMILES string of the molecule is O=C(Nc1ccc2nn(-c3ccc(F)cc3)nc2c1)c1ccc(OCc2ccccc2)cc1. The van der Waals surface area contributed by atoms with Gasteiger partial charge in [-0.1, -0.05) is 30.3 Å². The molecule has 162 valence electrons. The third-order valence-corrected chi connectivity index (χ3v) is 5.06. The Labute approximate surface area is 189 Å². The van der Waals surface area contributed by atoms with Gasteiger partial charge < -0.3 is 10.1 Å². The van der Waals surface area contributed by atoms with Crippen LogP contribution in [0.25, 0.3) is 16.7 Å². The Morgan fingerprint density at radius 2 is 1.58 bits per heavy atom. The summed E-state index contributed by atoms with van der Waals surface area (Å²) in [6, 6.07) is 28.1. The van der Waals surface area contributed by atoms with Crippen LogP contribution in [0, 0.1) is 5.82 Å². The smallest absolute Gasteiger partial charge is 0.255 e. The van der Waals surface area contributed by atoms with E-state index in [0.717, 1.165) is 5.56 Å². The molecule has 4 aromatic carbocycles. The summed E-state index contributed by atoms with van der Waals surface area (Å²) < 4.78 is 18.9. The van der Waals surface area contributed by atoms with Gasteiger partial charge in [0.1, 0.15) is 29.2 Å². The maximum atomic E-state index is 13.2. The Morgan fingerprint density at radius 3 is 2.33 bits per heavy atom. The van der Waals surface area contributed by atoms with Gasteiger partial charge in [-0.05, 0) is 72.3 Å². The number of aromatic nitrogens is 3. The maximum Gasteiger partial charge on any atom is 0.255 e. The Morgan fingerprint density at radius 1 is 0.848 bits per heavy atom. The molecule has 0 bridgehead atoms. The Hall–Kier alpha value is -4.52. The molecule has 1 N–H and O–H groups in total. The predicted octanol–water partition coefficient (Wildman–Crippen LogP) is 5.39. The summed E-state index contributed by atoms with van der Waals surface area (Å²) in [7, 11) is 0. The Kier molecular flexibility index (Phi) is 5.51. The predicted molar refractivity (Wildman–Crippen MR) is 124 cm³/mol. The number of hydrogen-bond donors (Lipinski definition) is 1. The van der Waals surface area contributed by atoms with Crippen molar-refractivity contribution in [1.82, 2.24) is 15.0 Å². The minimum atomic E-state index is -0.323. The van der Waals surface area contributed by atoms with Crippen molar-refractivity contribution in [3.8, 4) is 11.4 Å². The fourth-order valence-electron chi connectivity index (χ4n) is 3.33. The first kappa shape index (κ1) is 20.4. The van der Waals surface area contributed by atoms with Crippen molar-refractivity contribution in [1.29, 1.82) is 0 Å². The van der Waals surface area contributed by atoms with Gasteiger partial charge in [-0.2, -0.15) is 4.80 Å². The average Bonchev–Trinajstić information content (AvgIpc) is 3.27. The third kappa shape index (κ3) is 4.72. The molecule has 0 saturated carbocycles. The molecule has 5 aromatic rings. The van der Waals surface area contributed by atoms with Gasteiger partial charge in [0.15, 0.2) is 0 Å². The molecule has 0 atom stereocenters. The number of rotatable bonds is 6. The van der Waals surface area contributed by atoms with Crippen LogP contribution in [0.15, 0.2) is 97.1 Å². The lowest BCUT2D eigenvalue weighted by atomic mass is 10.2. The zero-order chi connectivity index (χ0) is 22.6. The number of nitrogens with one attached hydrogen (secondary N) is 1. The van der Waals surface area contributed by atoms with Gasteiger partial charge in [-0.25, -0.2) is 4.39 Å². The van der Waals surface area contributed by atoms with Crippen LogP contribution < -0.4 is 10.1 Å². The van der Waals surface area contributed by atoms with Crippen LogP contribution in [0.3, 0.4) is 0 Å². The van der Waals surface area contributed by atoms with E-state index < -0.39 is 0 Å². The summed E-state index contributed by atoms with van der Waals surface area (Å²) in [5, 5.41) is 11.7. The normalized spacial score (nSPS) is 10.8. The number of carbonyl (C=O) groups is 1. The van der Waals surface area contributed by atoms with E-state index >= 15 is 0 Å². The van der Waals surface area contributed by atoms with E-state index in [1.165, 1.54) is 16.9 Å². The average molecular weight is 438 g/mol. The van der Waals surface area contributed by atoms with Crippen molar-refractivity contribution in [3.63, 3.8) is 0 Å². The molecular weight excluding hydrogens is 419 g/mol. The molecule has 6 nitrogen and oxygen atoms in total. The molecule has 7 heteroatoms. The zero-order valence-corrected chi connectivity index (χ0v) is 17.5. The lowest BCUT2D eigenvalue weighted by molar-refractivity contribution is 0.102.